The molecule has 1 unspecified atom stereocenters. The normalized spacial score (nSPS) is 12.2. The highest BCUT2D eigenvalue weighted by atomic mass is 127. The number of carboxylic acid groups (broad SMARTS) is 1. The molecule has 0 spiro atoms. The van der Waals surface area contributed by atoms with Crippen molar-refractivity contribution >= 4 is 68.4 Å². The van der Waals surface area contributed by atoms with Crippen LogP contribution >= 0.6 is 56.8 Å². The van der Waals surface area contributed by atoms with Gasteiger partial charge >= 0.3 is 5.97 Å². The van der Waals surface area contributed by atoms with Gasteiger partial charge in [0.05, 0.1) is 23.2 Å². The predicted molar refractivity (Wildman–Crippen MR) is 84.1 cm³/mol. The van der Waals surface area contributed by atoms with E-state index in [0.717, 1.165) is 7.14 Å². The van der Waals surface area contributed by atoms with E-state index >= 15 is 0 Å². The van der Waals surface area contributed by atoms with Crippen LogP contribution in [0.4, 0.5) is 5.69 Å². The Balaban J connectivity index is 3.00. The standard InChI is InChI=1S/C10H10ClI2NO3/c11-3-6(15)4-14-9-7(10(16)17)1-5(12)2-8(9)13/h1-2,6,14-15H,3-4H2,(H,16,17). The van der Waals surface area contributed by atoms with Gasteiger partial charge < -0.3 is 15.5 Å². The number of alkyl halides is 1. The number of aliphatic hydroxyl groups is 1. The first-order valence-electron chi connectivity index (χ1n) is 4.66. The minimum absolute atomic E-state index is 0.107. The molecule has 17 heavy (non-hydrogen) atoms. The molecule has 0 bridgehead atoms. The van der Waals surface area contributed by atoms with Crippen molar-refractivity contribution in [2.24, 2.45) is 0 Å². The highest BCUT2D eigenvalue weighted by Gasteiger charge is 2.15. The van der Waals surface area contributed by atoms with Crippen LogP contribution in [-0.4, -0.2) is 34.7 Å². The largest absolute Gasteiger partial charge is 0.478 e. The summed E-state index contributed by atoms with van der Waals surface area (Å²) in [6, 6.07) is 3.45. The maximum absolute atomic E-state index is 11.1. The molecule has 0 aromatic heterocycles. The molecule has 0 aliphatic heterocycles. The maximum atomic E-state index is 11.1. The third kappa shape index (κ3) is 4.42. The van der Waals surface area contributed by atoms with E-state index < -0.39 is 12.1 Å². The van der Waals surface area contributed by atoms with Crippen LogP contribution in [0.15, 0.2) is 12.1 Å². The van der Waals surface area contributed by atoms with Crippen molar-refractivity contribution in [2.75, 3.05) is 17.7 Å². The van der Waals surface area contributed by atoms with E-state index in [2.05, 4.69) is 50.5 Å². The minimum Gasteiger partial charge on any atom is -0.478 e. The van der Waals surface area contributed by atoms with Crippen LogP contribution in [0, 0.1) is 7.14 Å². The molecular weight excluding hydrogens is 471 g/mol. The van der Waals surface area contributed by atoms with Crippen LogP contribution in [0.1, 0.15) is 10.4 Å². The lowest BCUT2D eigenvalue weighted by atomic mass is 10.2. The van der Waals surface area contributed by atoms with E-state index in [1.165, 1.54) is 0 Å². The fourth-order valence-corrected chi connectivity index (χ4v) is 3.34. The number of halogens is 3. The molecule has 94 valence electrons. The molecule has 0 fully saturated rings. The summed E-state index contributed by atoms with van der Waals surface area (Å²) < 4.78 is 1.65. The van der Waals surface area contributed by atoms with E-state index in [1.807, 2.05) is 6.07 Å². The van der Waals surface area contributed by atoms with Gasteiger partial charge in [-0.15, -0.1) is 11.6 Å². The van der Waals surface area contributed by atoms with Crippen molar-refractivity contribution in [3.8, 4) is 0 Å². The lowest BCUT2D eigenvalue weighted by molar-refractivity contribution is 0.0697. The number of anilines is 1. The molecule has 4 nitrogen and oxygen atoms in total. The van der Waals surface area contributed by atoms with Gasteiger partial charge in [-0.25, -0.2) is 4.79 Å². The smallest absolute Gasteiger partial charge is 0.337 e. The summed E-state index contributed by atoms with van der Waals surface area (Å²) in [5.41, 5.74) is 0.714. The van der Waals surface area contributed by atoms with Crippen molar-refractivity contribution in [3.63, 3.8) is 0 Å². The number of aromatic carboxylic acids is 1. The second-order valence-corrected chi connectivity index (χ2v) is 6.02. The summed E-state index contributed by atoms with van der Waals surface area (Å²) in [4.78, 5) is 11.1. The Hall–Kier alpha value is 0.200. The van der Waals surface area contributed by atoms with Crippen LogP contribution in [-0.2, 0) is 0 Å². The van der Waals surface area contributed by atoms with Crippen molar-refractivity contribution in [1.82, 2.24) is 0 Å². The Labute approximate surface area is 131 Å². The first-order chi connectivity index (χ1) is 7.95. The zero-order chi connectivity index (χ0) is 13.0. The Bertz CT molecular complexity index is 428. The van der Waals surface area contributed by atoms with Gasteiger partial charge in [-0.05, 0) is 57.3 Å². The van der Waals surface area contributed by atoms with Crippen LogP contribution < -0.4 is 5.32 Å². The quantitative estimate of drug-likeness (QED) is 0.447. The second kappa shape index (κ2) is 6.95. The molecular formula is C10H10ClI2NO3. The average Bonchev–Trinajstić information content (AvgIpc) is 2.26. The highest BCUT2D eigenvalue weighted by molar-refractivity contribution is 14.1. The van der Waals surface area contributed by atoms with Gasteiger partial charge in [0.25, 0.3) is 0 Å². The lowest BCUT2D eigenvalue weighted by Crippen LogP contribution is -2.22. The molecule has 0 aliphatic carbocycles. The van der Waals surface area contributed by atoms with Crippen molar-refractivity contribution in [1.29, 1.82) is 0 Å². The van der Waals surface area contributed by atoms with Crippen LogP contribution in [0.5, 0.6) is 0 Å². The molecule has 0 saturated carbocycles. The number of carbonyl (C=O) groups is 1. The molecule has 0 amide bonds. The fraction of sp³-hybridized carbons (Fsp3) is 0.300. The van der Waals surface area contributed by atoms with E-state index in [0.29, 0.717) is 5.69 Å². The third-order valence-corrected chi connectivity index (χ3v) is 3.81. The first kappa shape index (κ1) is 15.3. The van der Waals surface area contributed by atoms with Crippen molar-refractivity contribution in [3.05, 3.63) is 24.8 Å². The lowest BCUT2D eigenvalue weighted by Gasteiger charge is -2.14. The van der Waals surface area contributed by atoms with E-state index in [1.54, 1.807) is 6.07 Å². The third-order valence-electron chi connectivity index (χ3n) is 1.98. The van der Waals surface area contributed by atoms with Crippen LogP contribution in [0.3, 0.4) is 0 Å². The highest BCUT2D eigenvalue weighted by Crippen LogP contribution is 2.26. The second-order valence-electron chi connectivity index (χ2n) is 3.30. The summed E-state index contributed by atoms with van der Waals surface area (Å²) in [6.07, 6.45) is -0.701. The minimum atomic E-state index is -0.996. The number of carboxylic acids is 1. The molecule has 0 radical (unpaired) electrons. The van der Waals surface area contributed by atoms with Crippen LogP contribution in [0.25, 0.3) is 0 Å². The number of benzene rings is 1. The molecule has 7 heteroatoms. The molecule has 1 aromatic carbocycles. The average molecular weight is 481 g/mol. The number of hydrogen-bond acceptors (Lipinski definition) is 3. The van der Waals surface area contributed by atoms with Gasteiger partial charge in [-0.3, -0.25) is 0 Å². The Morgan fingerprint density at radius 1 is 1.47 bits per heavy atom. The zero-order valence-corrected chi connectivity index (χ0v) is 13.7. The summed E-state index contributed by atoms with van der Waals surface area (Å²) in [6.45, 7) is 0.223. The molecule has 0 aliphatic rings. The number of nitrogens with one attached hydrogen (secondary N) is 1. The van der Waals surface area contributed by atoms with Gasteiger partial charge in [0.1, 0.15) is 0 Å². The topological polar surface area (TPSA) is 69.6 Å². The van der Waals surface area contributed by atoms with E-state index in [-0.39, 0.29) is 18.0 Å². The monoisotopic (exact) mass is 481 g/mol. The zero-order valence-electron chi connectivity index (χ0n) is 8.58. The molecule has 0 heterocycles. The molecule has 0 saturated heterocycles. The Morgan fingerprint density at radius 2 is 2.12 bits per heavy atom. The van der Waals surface area contributed by atoms with Gasteiger partial charge in [-0.2, -0.15) is 0 Å². The van der Waals surface area contributed by atoms with Crippen molar-refractivity contribution in [2.45, 2.75) is 6.10 Å². The van der Waals surface area contributed by atoms with Gasteiger partial charge in [0.15, 0.2) is 0 Å². The Kier molecular flexibility index (Phi) is 6.24. The van der Waals surface area contributed by atoms with Gasteiger partial charge in [0.2, 0.25) is 0 Å². The molecule has 3 N–H and O–H groups in total. The summed E-state index contributed by atoms with van der Waals surface area (Å²) >= 11 is 9.60. The van der Waals surface area contributed by atoms with Gasteiger partial charge in [-0.1, -0.05) is 0 Å². The SMILES string of the molecule is O=C(O)c1cc(I)cc(I)c1NCC(O)CCl. The van der Waals surface area contributed by atoms with Crippen molar-refractivity contribution < 1.29 is 15.0 Å². The number of hydrogen-bond donors (Lipinski definition) is 3. The molecule has 1 atom stereocenters. The van der Waals surface area contributed by atoms with E-state index in [4.69, 9.17) is 16.7 Å². The van der Waals surface area contributed by atoms with E-state index in [9.17, 15) is 9.90 Å². The Morgan fingerprint density at radius 3 is 2.65 bits per heavy atom. The first-order valence-corrected chi connectivity index (χ1v) is 7.35. The maximum Gasteiger partial charge on any atom is 0.337 e. The number of aliphatic hydroxyl groups excluding tert-OH is 1. The number of rotatable bonds is 5. The molecule has 1 aromatic rings. The fourth-order valence-electron chi connectivity index (χ4n) is 1.20. The summed E-state index contributed by atoms with van der Waals surface area (Å²) in [7, 11) is 0. The van der Waals surface area contributed by atoms with Crippen LogP contribution in [0.2, 0.25) is 0 Å². The summed E-state index contributed by atoms with van der Waals surface area (Å²) in [5.74, 6) is -0.889. The predicted octanol–water partition coefficient (Wildman–Crippen LogP) is 2.61. The molecule has 1 rings (SSSR count). The summed E-state index contributed by atoms with van der Waals surface area (Å²) in [5, 5.41) is 21.4. The van der Waals surface area contributed by atoms with Gasteiger partial charge in [0, 0.05) is 13.7 Å².